The van der Waals surface area contributed by atoms with Crippen molar-refractivity contribution in [3.05, 3.63) is 146 Å². The zero-order valence-electron chi connectivity index (χ0n) is 35.9. The van der Waals surface area contributed by atoms with Gasteiger partial charge in [-0.3, -0.25) is 20.6 Å². The molecule has 8 N–H and O–H groups in total. The van der Waals surface area contributed by atoms with Crippen LogP contribution in [0.1, 0.15) is 15.9 Å². The van der Waals surface area contributed by atoms with Crippen molar-refractivity contribution in [1.82, 2.24) is 0 Å². The third-order valence-corrected chi connectivity index (χ3v) is 12.2. The fourth-order valence-electron chi connectivity index (χ4n) is 5.75. The number of fused-ring (bicyclic) bond motifs is 1. The molecule has 0 spiro atoms. The van der Waals surface area contributed by atoms with E-state index in [4.69, 9.17) is 27.3 Å². The number of nitrogens with one attached hydrogen (secondary N) is 2. The molecule has 2 aromatic carbocycles. The van der Waals surface area contributed by atoms with E-state index in [1.54, 1.807) is 0 Å². The number of azo groups is 1. The molecular formula is C36H25Li4N10O15S4+. The second-order valence-corrected chi connectivity index (χ2v) is 18.5. The van der Waals surface area contributed by atoms with E-state index in [2.05, 4.69) is 30.6 Å². The van der Waals surface area contributed by atoms with Gasteiger partial charge in [0.2, 0.25) is 10.7 Å². The average molecular weight is 994 g/mol. The van der Waals surface area contributed by atoms with Crippen molar-refractivity contribution in [1.29, 1.82) is 5.41 Å². The molecule has 2 aromatic rings. The van der Waals surface area contributed by atoms with Gasteiger partial charge in [-0.1, -0.05) is 24.3 Å². The van der Waals surface area contributed by atoms with Crippen LogP contribution in [-0.4, -0.2) is 92.8 Å². The minimum atomic E-state index is -5.68. The predicted molar refractivity (Wildman–Crippen MR) is 230 cm³/mol. The Balaban J connectivity index is 0.00000408. The number of anilines is 2. The summed E-state index contributed by atoms with van der Waals surface area (Å²) in [6, 6.07) is 5.13. The Bertz CT molecular complexity index is 3370. The maximum atomic E-state index is 13.8. The molecule has 0 saturated carbocycles. The molecule has 4 aliphatic carbocycles. The van der Waals surface area contributed by atoms with Gasteiger partial charge in [0.1, 0.15) is 41.8 Å². The van der Waals surface area contributed by atoms with Crippen LogP contribution in [0.3, 0.4) is 0 Å². The van der Waals surface area contributed by atoms with E-state index in [0.29, 0.717) is 18.2 Å². The number of Topliss-reactive ketones (excluding diaryl/α,β-unsaturated/α-hetero) is 1. The van der Waals surface area contributed by atoms with E-state index >= 15 is 0 Å². The number of carbonyl (C=O) groups excluding carboxylic acids is 1. The Labute approximate surface area is 440 Å². The summed E-state index contributed by atoms with van der Waals surface area (Å²) in [5, 5.41) is 48.3. The molecule has 6 rings (SSSR count). The summed E-state index contributed by atoms with van der Waals surface area (Å²) in [6.07, 6.45) is 12.4. The van der Waals surface area contributed by atoms with E-state index in [9.17, 15) is 57.0 Å². The summed E-state index contributed by atoms with van der Waals surface area (Å²) in [5.74, 6) is -1.48. The number of carbonyl (C=O) groups is 1. The molecule has 0 bridgehead atoms. The molecule has 0 saturated heterocycles. The predicted octanol–water partition coefficient (Wildman–Crippen LogP) is -7.86. The summed E-state index contributed by atoms with van der Waals surface area (Å²) < 4.78 is 144. The summed E-state index contributed by atoms with van der Waals surface area (Å²) >= 11 is 0. The summed E-state index contributed by atoms with van der Waals surface area (Å²) in [6.45, 7) is 0. The number of hydrogen-bond acceptors (Lipinski definition) is 22. The maximum absolute atomic E-state index is 13.8. The van der Waals surface area contributed by atoms with E-state index < -0.39 is 100 Å². The first-order chi connectivity index (χ1) is 30.2. The summed E-state index contributed by atoms with van der Waals surface area (Å²) in [4.78, 5) is 9.63. The number of hydrogen-bond donors (Lipinski definition) is 6. The van der Waals surface area contributed by atoms with Crippen LogP contribution in [0.2, 0.25) is 0 Å². The van der Waals surface area contributed by atoms with Gasteiger partial charge in [0.05, 0.1) is 54.5 Å². The van der Waals surface area contributed by atoms with Crippen molar-refractivity contribution in [3.63, 3.8) is 0 Å². The van der Waals surface area contributed by atoms with Crippen molar-refractivity contribution in [2.24, 2.45) is 30.6 Å². The molecule has 25 nitrogen and oxygen atoms in total. The second kappa shape index (κ2) is 23.4. The number of rotatable bonds is 10. The van der Waals surface area contributed by atoms with Gasteiger partial charge in [-0.15, -0.1) is 26.2 Å². The first-order valence-electron chi connectivity index (χ1n) is 17.3. The Morgan fingerprint density at radius 2 is 1.28 bits per heavy atom. The first-order valence-corrected chi connectivity index (χ1v) is 23.0. The SMILES string of the molecule is N=C1C=C([NH-])C=CC1=NN=C1C=CC(=CC=C2C=CC(=NN=C3C(=O)c4c(cc(S(=O)(=O)[O-])c(N=Nc5ccc(N(O)O)cc5)c4N)C=C3S(=O)(=O)[O-])C=C2S(=O)(=O)[O-])C([S+](=O)(O)O)=C1.[Li+].[Li+].[Li+].[Li+]. The maximum Gasteiger partial charge on any atom is 1.00 e. The van der Waals surface area contributed by atoms with Crippen molar-refractivity contribution < 1.29 is 143 Å². The number of nitrogens with zero attached hydrogens (tertiary/aromatic N) is 7. The van der Waals surface area contributed by atoms with Crippen LogP contribution >= 0.6 is 0 Å². The third-order valence-electron chi connectivity index (χ3n) is 8.71. The number of nitrogen functional groups attached to an aromatic ring is 1. The van der Waals surface area contributed by atoms with Gasteiger partial charge >= 0.3 is 85.9 Å². The van der Waals surface area contributed by atoms with Crippen LogP contribution in [0.5, 0.6) is 0 Å². The molecule has 0 aliphatic heterocycles. The van der Waals surface area contributed by atoms with E-state index in [-0.39, 0.29) is 126 Å². The Morgan fingerprint density at radius 1 is 0.710 bits per heavy atom. The monoisotopic (exact) mass is 993 g/mol. The molecule has 0 amide bonds. The van der Waals surface area contributed by atoms with Gasteiger partial charge in [-0.05, 0) is 88.2 Å². The van der Waals surface area contributed by atoms with Gasteiger partial charge < -0.3 is 25.1 Å². The fraction of sp³-hybridized carbons (Fsp3) is 0. The van der Waals surface area contributed by atoms with Gasteiger partial charge in [0.15, 0.2) is 5.71 Å². The number of allylic oxidation sites excluding steroid dienone is 14. The van der Waals surface area contributed by atoms with Gasteiger partial charge in [-0.25, -0.2) is 25.3 Å². The zero-order valence-corrected chi connectivity index (χ0v) is 39.2. The van der Waals surface area contributed by atoms with E-state index in [1.807, 2.05) is 0 Å². The van der Waals surface area contributed by atoms with Gasteiger partial charge in [-0.2, -0.15) is 24.4 Å². The third kappa shape index (κ3) is 14.4. The van der Waals surface area contributed by atoms with Crippen molar-refractivity contribution in [2.45, 2.75) is 4.90 Å². The zero-order chi connectivity index (χ0) is 47.8. The van der Waals surface area contributed by atoms with Crippen LogP contribution in [0.4, 0.5) is 22.7 Å². The molecule has 0 unspecified atom stereocenters. The molecule has 0 atom stereocenters. The standard InChI is InChI=1S/C36H28N10O15S4.4Li/c37-21-5-12-27(26(38)15-21)43-41-23-6-3-18(28(16-23)62(50,51)52)1-2-19-4-7-24(17-29(19)63(53,54)55)42-45-35-31(65(59,60)61)14-20-13-30(64(56,57)58)34(33(39)32(20)36(35)47)44-40-22-8-10-25(11-9-22)46(48)49;;;;/h1-17,48-49H,(H9-,37,38,39,40,47,50,51,52,53,54,55,56,57,58,59,60,61);;;;/q;4*+1/p-3. The number of nitrogens with two attached hydrogens (primary N) is 1. The van der Waals surface area contributed by atoms with Crippen molar-refractivity contribution in [3.8, 4) is 0 Å². The van der Waals surface area contributed by atoms with Crippen LogP contribution in [0.15, 0.2) is 164 Å². The van der Waals surface area contributed by atoms with Crippen molar-refractivity contribution in [2.75, 3.05) is 11.0 Å². The molecule has 33 heteroatoms. The molecular weight excluding hydrogens is 968 g/mol. The quantitative estimate of drug-likeness (QED) is 0.0245. The Morgan fingerprint density at radius 3 is 1.83 bits per heavy atom. The summed E-state index contributed by atoms with van der Waals surface area (Å²) in [7, 11) is -21.3. The van der Waals surface area contributed by atoms with Gasteiger partial charge in [0.25, 0.3) is 0 Å². The first kappa shape index (κ1) is 60.4. The van der Waals surface area contributed by atoms with Crippen LogP contribution < -0.4 is 86.4 Å². The average Bonchev–Trinajstić information content (AvgIpc) is 3.20. The van der Waals surface area contributed by atoms with Crippen LogP contribution in [-0.2, 0) is 45.1 Å². The van der Waals surface area contributed by atoms with E-state index in [0.717, 1.165) is 42.5 Å². The molecule has 336 valence electrons. The summed E-state index contributed by atoms with van der Waals surface area (Å²) in [5.41, 5.74) is 7.91. The van der Waals surface area contributed by atoms with Crippen LogP contribution in [0, 0.1) is 5.41 Å². The number of ketones is 1. The smallest absolute Gasteiger partial charge is 0.744 e. The minimum Gasteiger partial charge on any atom is -0.744 e. The normalized spacial score (nSPS) is 19.6. The molecule has 0 aromatic heterocycles. The van der Waals surface area contributed by atoms with Gasteiger partial charge in [0, 0.05) is 11.6 Å². The molecule has 4 aliphatic rings. The molecule has 0 radical (unpaired) electrons. The minimum absolute atomic E-state index is 0. The van der Waals surface area contributed by atoms with Crippen LogP contribution in [0.25, 0.3) is 11.8 Å². The molecule has 69 heavy (non-hydrogen) atoms. The number of benzene rings is 2. The molecule has 0 heterocycles. The molecule has 0 fully saturated rings. The van der Waals surface area contributed by atoms with E-state index in [1.165, 1.54) is 42.5 Å². The second-order valence-electron chi connectivity index (χ2n) is 13.1. The Kier molecular flexibility index (Phi) is 20.5. The fourth-order valence-corrected chi connectivity index (χ4v) is 8.46. The topological polar surface area (TPSA) is 438 Å². The largest absolute Gasteiger partial charge is 1.00 e. The Hall–Kier alpha value is -4.77. The van der Waals surface area contributed by atoms with Crippen molar-refractivity contribution >= 4 is 104 Å².